The third-order valence-corrected chi connectivity index (χ3v) is 7.83. The lowest BCUT2D eigenvalue weighted by molar-refractivity contribution is 0.0719. The van der Waals surface area contributed by atoms with Crippen LogP contribution in [-0.4, -0.2) is 59.9 Å². The molecule has 0 bridgehead atoms. The van der Waals surface area contributed by atoms with Gasteiger partial charge in [0.1, 0.15) is 23.8 Å². The van der Waals surface area contributed by atoms with Gasteiger partial charge < -0.3 is 10.6 Å². The predicted octanol–water partition coefficient (Wildman–Crippen LogP) is 5.38. The second-order valence-electron chi connectivity index (χ2n) is 10.6. The van der Waals surface area contributed by atoms with Gasteiger partial charge in [-0.25, -0.2) is 18.7 Å². The minimum absolute atomic E-state index is 0.0495. The highest BCUT2D eigenvalue weighted by Crippen LogP contribution is 2.37. The van der Waals surface area contributed by atoms with Crippen LogP contribution < -0.4 is 5.73 Å². The highest BCUT2D eigenvalue weighted by Gasteiger charge is 2.28. The van der Waals surface area contributed by atoms with E-state index in [0.717, 1.165) is 40.5 Å². The van der Waals surface area contributed by atoms with Crippen LogP contribution in [0.25, 0.3) is 16.8 Å². The van der Waals surface area contributed by atoms with Crippen LogP contribution in [0.2, 0.25) is 0 Å². The lowest BCUT2D eigenvalue weighted by atomic mass is 9.89. The zero-order valence-electron chi connectivity index (χ0n) is 24.0. The molecule has 0 fully saturated rings. The Morgan fingerprint density at radius 3 is 2.74 bits per heavy atom. The first kappa shape index (κ1) is 28.8. The number of carbonyl (C=O) groups is 1. The van der Waals surface area contributed by atoms with E-state index in [1.54, 1.807) is 28.9 Å². The number of halogens is 2. The third-order valence-electron chi connectivity index (χ3n) is 7.83. The fourth-order valence-electron chi connectivity index (χ4n) is 5.37. The molecule has 0 radical (unpaired) electrons. The van der Waals surface area contributed by atoms with Crippen molar-refractivity contribution in [2.75, 3.05) is 12.8 Å². The molecule has 4 aromatic rings. The quantitative estimate of drug-likeness (QED) is 0.276. The number of nitrogens with one attached hydrogen (secondary N) is 1. The summed E-state index contributed by atoms with van der Waals surface area (Å²) in [4.78, 5) is 28.1. The fourth-order valence-corrected chi connectivity index (χ4v) is 5.37. The first-order chi connectivity index (χ1) is 20.1. The summed E-state index contributed by atoms with van der Waals surface area (Å²) in [5.74, 6) is -0.945. The second kappa shape index (κ2) is 11.6. The van der Waals surface area contributed by atoms with Crippen molar-refractivity contribution in [3.8, 4) is 0 Å². The molecule has 0 saturated heterocycles. The van der Waals surface area contributed by atoms with E-state index in [4.69, 9.17) is 10.7 Å². The van der Waals surface area contributed by atoms with Gasteiger partial charge in [-0.3, -0.25) is 14.9 Å². The number of hydrogen-bond acceptors (Lipinski definition) is 7. The molecule has 1 aliphatic heterocycles. The van der Waals surface area contributed by atoms with Crippen LogP contribution in [0.1, 0.15) is 85.0 Å². The molecule has 218 valence electrons. The summed E-state index contributed by atoms with van der Waals surface area (Å²) in [6, 6.07) is 2.93. The number of rotatable bonds is 9. The van der Waals surface area contributed by atoms with Gasteiger partial charge in [0.25, 0.3) is 5.91 Å². The van der Waals surface area contributed by atoms with Crippen LogP contribution in [-0.2, 0) is 0 Å². The highest BCUT2D eigenvalue weighted by atomic mass is 19.1. The molecule has 4 heterocycles. The maximum absolute atomic E-state index is 14.4. The van der Waals surface area contributed by atoms with Gasteiger partial charge in [0.2, 0.25) is 5.82 Å². The first-order valence-corrected chi connectivity index (χ1v) is 13.7. The number of aliphatic imine (C=N–C) groups is 1. The average Bonchev–Trinajstić information content (AvgIpc) is 3.66. The molecule has 3 aromatic heterocycles. The molecule has 0 aliphatic carbocycles. The summed E-state index contributed by atoms with van der Waals surface area (Å²) < 4.78 is 29.4. The largest absolute Gasteiger partial charge is 0.383 e. The van der Waals surface area contributed by atoms with Crippen LogP contribution in [0.4, 0.5) is 14.6 Å². The predicted molar refractivity (Wildman–Crippen MR) is 158 cm³/mol. The van der Waals surface area contributed by atoms with Crippen molar-refractivity contribution < 1.29 is 13.6 Å². The maximum Gasteiger partial charge on any atom is 0.291 e. The van der Waals surface area contributed by atoms with E-state index in [9.17, 15) is 13.6 Å². The van der Waals surface area contributed by atoms with E-state index in [1.807, 2.05) is 19.9 Å². The molecular formula is C30H33F2N9O. The number of nitrogen functional groups attached to an aromatic ring is 1. The fraction of sp³-hybridized carbons (Fsp3) is 0.333. The van der Waals surface area contributed by atoms with Crippen molar-refractivity contribution >= 4 is 34.7 Å². The van der Waals surface area contributed by atoms with Gasteiger partial charge in [-0.2, -0.15) is 14.7 Å². The zero-order valence-corrected chi connectivity index (χ0v) is 24.0. The van der Waals surface area contributed by atoms with Crippen LogP contribution in [0.5, 0.6) is 0 Å². The Morgan fingerprint density at radius 2 is 2.12 bits per heavy atom. The lowest BCUT2D eigenvalue weighted by Gasteiger charge is -2.28. The van der Waals surface area contributed by atoms with Crippen molar-refractivity contribution in [1.29, 1.82) is 0 Å². The molecule has 1 aromatic carbocycles. The Morgan fingerprint density at radius 1 is 1.33 bits per heavy atom. The Labute approximate surface area is 242 Å². The molecule has 12 heteroatoms. The summed E-state index contributed by atoms with van der Waals surface area (Å²) in [5, 5.41) is 10.9. The number of aromatic amines is 1. The van der Waals surface area contributed by atoms with E-state index >= 15 is 0 Å². The van der Waals surface area contributed by atoms with Crippen molar-refractivity contribution in [1.82, 2.24) is 34.7 Å². The molecule has 3 N–H and O–H groups in total. The zero-order chi connectivity index (χ0) is 30.1. The van der Waals surface area contributed by atoms with Crippen LogP contribution in [0, 0.1) is 11.6 Å². The summed E-state index contributed by atoms with van der Waals surface area (Å²) in [6.45, 7) is 10.1. The van der Waals surface area contributed by atoms with Gasteiger partial charge in [-0.15, -0.1) is 0 Å². The Hall–Kier alpha value is -4.74. The molecule has 1 amide bonds. The number of anilines is 1. The number of dihydropyridines is 1. The lowest BCUT2D eigenvalue weighted by Crippen LogP contribution is -2.37. The molecule has 1 aliphatic rings. The summed E-state index contributed by atoms with van der Waals surface area (Å²) in [6.07, 6.45) is 8.41. The third kappa shape index (κ3) is 5.31. The molecule has 0 spiro atoms. The first-order valence-electron chi connectivity index (χ1n) is 13.7. The van der Waals surface area contributed by atoms with Crippen molar-refractivity contribution in [2.24, 2.45) is 4.99 Å². The number of aromatic nitrogens is 6. The Bertz CT molecular complexity index is 1710. The van der Waals surface area contributed by atoms with E-state index in [1.165, 1.54) is 18.5 Å². The van der Waals surface area contributed by atoms with Gasteiger partial charge in [0, 0.05) is 53.6 Å². The number of fused-ring (bicyclic) bond motifs is 1. The summed E-state index contributed by atoms with van der Waals surface area (Å²) >= 11 is 0. The van der Waals surface area contributed by atoms with E-state index in [2.05, 4.69) is 38.8 Å². The normalized spacial score (nSPS) is 16.3. The number of hydrogen-bond donors (Lipinski definition) is 2. The number of nitrogens with two attached hydrogens (primary N) is 1. The number of H-pyrrole nitrogens is 1. The van der Waals surface area contributed by atoms with Gasteiger partial charge in [0.05, 0.1) is 17.9 Å². The monoisotopic (exact) mass is 573 g/mol. The van der Waals surface area contributed by atoms with Gasteiger partial charge >= 0.3 is 0 Å². The molecule has 5 rings (SSSR count). The van der Waals surface area contributed by atoms with Crippen molar-refractivity contribution in [3.05, 3.63) is 83.2 Å². The molecule has 2 unspecified atom stereocenters. The van der Waals surface area contributed by atoms with Crippen LogP contribution >= 0.6 is 0 Å². The minimum atomic E-state index is -0.625. The maximum atomic E-state index is 14.4. The van der Waals surface area contributed by atoms with E-state index < -0.39 is 17.7 Å². The molecule has 42 heavy (non-hydrogen) atoms. The summed E-state index contributed by atoms with van der Waals surface area (Å²) in [5.41, 5.74) is 11.4. The second-order valence-corrected chi connectivity index (χ2v) is 10.6. The van der Waals surface area contributed by atoms with Crippen molar-refractivity contribution in [2.45, 2.75) is 58.0 Å². The highest BCUT2D eigenvalue weighted by molar-refractivity contribution is 6.12. The SMILES string of the molecule is C=C(C)c1c([C@@H](CC)CC(C)N(C)C(=O)c2ncn[nH]2)nc2c(C3=CCC(c4ccc(F)cc4F)N=C3)cnn2c1N. The minimum Gasteiger partial charge on any atom is -0.383 e. The van der Waals surface area contributed by atoms with E-state index in [0.29, 0.717) is 29.9 Å². The number of nitrogens with zero attached hydrogens (tertiary/aromatic N) is 7. The van der Waals surface area contributed by atoms with Crippen LogP contribution in [0.3, 0.4) is 0 Å². The Kier molecular flexibility index (Phi) is 7.97. The van der Waals surface area contributed by atoms with Crippen LogP contribution in [0.15, 0.2) is 48.4 Å². The topological polar surface area (TPSA) is 130 Å². The van der Waals surface area contributed by atoms with Gasteiger partial charge in [0.15, 0.2) is 5.65 Å². The summed E-state index contributed by atoms with van der Waals surface area (Å²) in [7, 11) is 1.74. The molecule has 0 saturated carbocycles. The standard InChI is InChI=1S/C30H33F2N9O/c1-6-18(11-17(4)40(5)30(42)28-35-15-36-39-28)26-25(16(2)3)27(33)41-29(38-26)22(14-37-41)19-7-10-24(34-13-19)21-9-8-20(31)12-23(21)32/h7-9,12-15,17-18,24H,2,6,10-11,33H2,1,3-5H3,(H,35,36,39)/t17?,18-,24?/m0/s1. The van der Waals surface area contributed by atoms with E-state index in [-0.39, 0.29) is 23.7 Å². The number of amides is 1. The van der Waals surface area contributed by atoms with Gasteiger partial charge in [-0.1, -0.05) is 25.6 Å². The molecule has 10 nitrogen and oxygen atoms in total. The molecule has 3 atom stereocenters. The average molecular weight is 574 g/mol. The van der Waals surface area contributed by atoms with Crippen molar-refractivity contribution in [3.63, 3.8) is 0 Å². The van der Waals surface area contributed by atoms with Gasteiger partial charge in [-0.05, 0) is 44.7 Å². The Balaban J connectivity index is 1.47. The number of carbonyl (C=O) groups excluding carboxylic acids is 1. The number of allylic oxidation sites excluding steroid dienone is 2. The number of benzene rings is 1. The smallest absolute Gasteiger partial charge is 0.291 e. The molecular weight excluding hydrogens is 540 g/mol.